The molecule has 1 amide bonds. The number of aromatic amines is 1. The molecule has 0 aromatic carbocycles. The summed E-state index contributed by atoms with van der Waals surface area (Å²) in [6.45, 7) is 15.1. The quantitative estimate of drug-likeness (QED) is 0.611. The maximum Gasteiger partial charge on any atom is 0.410 e. The fraction of sp³-hybridized carbons (Fsp3) is 0.630. The van der Waals surface area contributed by atoms with Crippen LogP contribution >= 0.6 is 0 Å². The number of carbonyl (C=O) groups is 1. The Morgan fingerprint density at radius 1 is 1.27 bits per heavy atom. The van der Waals surface area contributed by atoms with Crippen molar-refractivity contribution in [2.24, 2.45) is 4.99 Å². The van der Waals surface area contributed by atoms with Crippen molar-refractivity contribution >= 4 is 17.9 Å². The van der Waals surface area contributed by atoms with E-state index in [1.807, 2.05) is 25.7 Å². The Morgan fingerprint density at radius 2 is 2.06 bits per heavy atom. The molecule has 6 nitrogen and oxygen atoms in total. The summed E-state index contributed by atoms with van der Waals surface area (Å²) in [5.74, 6) is 0. The third-order valence-corrected chi connectivity index (χ3v) is 6.24. The van der Waals surface area contributed by atoms with Crippen LogP contribution in [0.1, 0.15) is 79.2 Å². The molecule has 2 aliphatic heterocycles. The topological polar surface area (TPSA) is 60.9 Å². The number of nitrogens with zero attached hydrogens (tertiary/aromatic N) is 3. The molecule has 182 valence electrons. The highest BCUT2D eigenvalue weighted by Crippen LogP contribution is 2.24. The van der Waals surface area contributed by atoms with Crippen LogP contribution in [0.2, 0.25) is 0 Å². The molecule has 1 fully saturated rings. The first-order valence-electron chi connectivity index (χ1n) is 12.6. The molecule has 2 aliphatic rings. The maximum atomic E-state index is 12.6. The predicted octanol–water partition coefficient (Wildman–Crippen LogP) is 4.63. The number of rotatable bonds is 7. The number of piperazine rings is 1. The van der Waals surface area contributed by atoms with Crippen LogP contribution in [0.4, 0.5) is 4.79 Å². The summed E-state index contributed by atoms with van der Waals surface area (Å²) < 4.78 is 5.61. The highest BCUT2D eigenvalue weighted by atomic mass is 16.6. The average molecular weight is 455 g/mol. The molecule has 1 aromatic heterocycles. The van der Waals surface area contributed by atoms with Gasteiger partial charge in [-0.15, -0.1) is 0 Å². The monoisotopic (exact) mass is 454 g/mol. The number of nitrogens with one attached hydrogen (secondary N) is 1. The lowest BCUT2D eigenvalue weighted by Gasteiger charge is -2.42. The van der Waals surface area contributed by atoms with Gasteiger partial charge in [-0.25, -0.2) is 4.79 Å². The van der Waals surface area contributed by atoms with Crippen molar-refractivity contribution in [1.29, 1.82) is 0 Å². The fourth-order valence-electron chi connectivity index (χ4n) is 4.55. The Kier molecular flexibility index (Phi) is 8.44. The number of unbranched alkanes of at least 4 members (excludes halogenated alkanes) is 4. The molecule has 1 aromatic rings. The number of allylic oxidation sites excluding steroid dienone is 1. The lowest BCUT2D eigenvalue weighted by molar-refractivity contribution is 0.0124. The normalized spacial score (nSPS) is 19.3. The molecular formula is C27H42N4O2. The molecular weight excluding hydrogens is 412 g/mol. The van der Waals surface area contributed by atoms with E-state index in [9.17, 15) is 4.79 Å². The zero-order valence-corrected chi connectivity index (χ0v) is 21.4. The molecule has 1 saturated heterocycles. The van der Waals surface area contributed by atoms with Gasteiger partial charge in [-0.2, -0.15) is 0 Å². The van der Waals surface area contributed by atoms with Crippen molar-refractivity contribution < 1.29 is 9.53 Å². The van der Waals surface area contributed by atoms with E-state index in [2.05, 4.69) is 55.1 Å². The second-order valence-electron chi connectivity index (χ2n) is 10.3. The first-order valence-corrected chi connectivity index (χ1v) is 12.6. The summed E-state index contributed by atoms with van der Waals surface area (Å²) in [7, 11) is 0. The van der Waals surface area contributed by atoms with Gasteiger partial charge in [-0.05, 0) is 53.0 Å². The van der Waals surface area contributed by atoms with E-state index in [1.54, 1.807) is 0 Å². The first kappa shape index (κ1) is 25.1. The molecule has 0 spiro atoms. The standard InChI is InChI=1S/C27H42N4O2/c1-7-8-9-10-11-12-13-22-18-29-25-23(22)24(20(2)14-15-28-25)31-17-16-30(19-21(31)3)26(32)33-27(4,5)6/h12-14,18,21H,7-11,15-17,19H2,1-6H3,(H,28,29)/b13-12+/t21-/m0/s1. The van der Waals surface area contributed by atoms with Gasteiger partial charge < -0.3 is 19.5 Å². The van der Waals surface area contributed by atoms with Crippen molar-refractivity contribution in [1.82, 2.24) is 14.8 Å². The predicted molar refractivity (Wildman–Crippen MR) is 135 cm³/mol. The molecule has 3 heterocycles. The van der Waals surface area contributed by atoms with Crippen LogP contribution in [0.3, 0.4) is 0 Å². The second-order valence-corrected chi connectivity index (χ2v) is 10.3. The summed E-state index contributed by atoms with van der Waals surface area (Å²) >= 11 is 0. The van der Waals surface area contributed by atoms with Gasteiger partial charge in [0.1, 0.15) is 11.1 Å². The van der Waals surface area contributed by atoms with Crippen LogP contribution in [0, 0.1) is 0 Å². The summed E-state index contributed by atoms with van der Waals surface area (Å²) in [5, 5.41) is 1.18. The van der Waals surface area contributed by atoms with Gasteiger partial charge in [0.05, 0.1) is 12.2 Å². The summed E-state index contributed by atoms with van der Waals surface area (Å²) in [6, 6.07) is 0.177. The Hall–Kier alpha value is -2.50. The largest absolute Gasteiger partial charge is 0.444 e. The Bertz CT molecular complexity index is 996. The molecule has 0 aliphatic carbocycles. The van der Waals surface area contributed by atoms with Crippen LogP contribution in [-0.2, 0) is 4.74 Å². The van der Waals surface area contributed by atoms with Crippen molar-refractivity contribution in [2.45, 2.75) is 85.3 Å². The summed E-state index contributed by atoms with van der Waals surface area (Å²) in [5.41, 5.74) is 4.13. The molecule has 0 radical (unpaired) electrons. The second kappa shape index (κ2) is 11.1. The Balaban J connectivity index is 1.86. The van der Waals surface area contributed by atoms with E-state index in [4.69, 9.17) is 9.73 Å². The minimum Gasteiger partial charge on any atom is -0.444 e. The fourth-order valence-corrected chi connectivity index (χ4v) is 4.55. The number of hydrogen-bond acceptors (Lipinski definition) is 4. The molecule has 3 rings (SSSR count). The van der Waals surface area contributed by atoms with Crippen molar-refractivity contribution in [3.63, 3.8) is 0 Å². The van der Waals surface area contributed by atoms with Crippen molar-refractivity contribution in [3.8, 4) is 0 Å². The lowest BCUT2D eigenvalue weighted by atomic mass is 10.0. The number of aromatic nitrogens is 1. The van der Waals surface area contributed by atoms with Crippen molar-refractivity contribution in [2.75, 3.05) is 26.2 Å². The van der Waals surface area contributed by atoms with E-state index < -0.39 is 5.60 Å². The van der Waals surface area contributed by atoms with Gasteiger partial charge in [0.15, 0.2) is 0 Å². The number of ether oxygens (including phenoxy) is 1. The number of H-pyrrole nitrogens is 1. The third kappa shape index (κ3) is 6.52. The van der Waals surface area contributed by atoms with E-state index in [0.717, 1.165) is 18.5 Å². The zero-order valence-electron chi connectivity index (χ0n) is 21.4. The lowest BCUT2D eigenvalue weighted by Crippen LogP contribution is -2.55. The van der Waals surface area contributed by atoms with E-state index >= 15 is 0 Å². The van der Waals surface area contributed by atoms with Crippen LogP contribution in [0.15, 0.2) is 28.9 Å². The SMILES string of the molecule is CCCCCC/C=C/c1c[nH]c2c1=C(N1CCN(C(=O)OC(C)(C)C)C[C@@H]1C)C(C)=CCN=2. The van der Waals surface area contributed by atoms with Gasteiger partial charge in [-0.3, -0.25) is 4.99 Å². The number of fused-ring (bicyclic) bond motifs is 1. The minimum absolute atomic E-state index is 0.177. The number of carbonyl (C=O) groups excluding carboxylic acids is 1. The Labute approximate surface area is 199 Å². The highest BCUT2D eigenvalue weighted by Gasteiger charge is 2.32. The van der Waals surface area contributed by atoms with Crippen molar-refractivity contribution in [3.05, 3.63) is 40.2 Å². The maximum absolute atomic E-state index is 12.6. The highest BCUT2D eigenvalue weighted by molar-refractivity contribution is 5.70. The van der Waals surface area contributed by atoms with Crippen LogP contribution in [0.5, 0.6) is 0 Å². The zero-order chi connectivity index (χ0) is 24.0. The van der Waals surface area contributed by atoms with E-state index in [0.29, 0.717) is 19.6 Å². The molecule has 0 saturated carbocycles. The summed E-state index contributed by atoms with van der Waals surface area (Å²) in [6.07, 6.45) is 14.8. The molecule has 1 N–H and O–H groups in total. The van der Waals surface area contributed by atoms with Gasteiger partial charge in [0.25, 0.3) is 0 Å². The molecule has 33 heavy (non-hydrogen) atoms. The summed E-state index contributed by atoms with van der Waals surface area (Å²) in [4.78, 5) is 25.1. The number of amides is 1. The molecule has 0 unspecified atom stereocenters. The minimum atomic E-state index is -0.480. The van der Waals surface area contributed by atoms with Gasteiger partial charge >= 0.3 is 6.09 Å². The first-order chi connectivity index (χ1) is 15.7. The average Bonchev–Trinajstić information content (AvgIpc) is 3.05. The molecule has 6 heteroatoms. The Morgan fingerprint density at radius 3 is 2.76 bits per heavy atom. The van der Waals surface area contributed by atoms with Crippen LogP contribution < -0.4 is 10.7 Å². The third-order valence-electron chi connectivity index (χ3n) is 6.24. The van der Waals surface area contributed by atoms with Crippen LogP contribution in [0.25, 0.3) is 11.8 Å². The molecule has 0 bridgehead atoms. The van der Waals surface area contributed by atoms with Crippen LogP contribution in [-0.4, -0.2) is 58.7 Å². The smallest absolute Gasteiger partial charge is 0.410 e. The number of hydrogen-bond donors (Lipinski definition) is 1. The van der Waals surface area contributed by atoms with E-state index in [-0.39, 0.29) is 12.1 Å². The van der Waals surface area contributed by atoms with Gasteiger partial charge in [0, 0.05) is 42.7 Å². The van der Waals surface area contributed by atoms with Gasteiger partial charge in [0.2, 0.25) is 0 Å². The van der Waals surface area contributed by atoms with E-state index in [1.165, 1.54) is 47.7 Å². The van der Waals surface area contributed by atoms with Gasteiger partial charge in [-0.1, -0.05) is 44.4 Å². The molecule has 1 atom stereocenters.